The van der Waals surface area contributed by atoms with E-state index in [2.05, 4.69) is 45.6 Å². The van der Waals surface area contributed by atoms with Gasteiger partial charge in [0.15, 0.2) is 0 Å². The Morgan fingerprint density at radius 2 is 2.24 bits per heavy atom. The van der Waals surface area contributed by atoms with Gasteiger partial charge in [0.2, 0.25) is 5.91 Å². The van der Waals surface area contributed by atoms with Crippen LogP contribution in [0.4, 0.5) is 0 Å². The summed E-state index contributed by atoms with van der Waals surface area (Å²) in [6.45, 7) is 5.41. The first kappa shape index (κ1) is 14.2. The second kappa shape index (κ2) is 7.45. The molecule has 1 aromatic rings. The van der Waals surface area contributed by atoms with Crippen LogP contribution in [-0.4, -0.2) is 19.0 Å². The van der Waals surface area contributed by atoms with E-state index in [1.807, 2.05) is 19.1 Å². The molecule has 3 nitrogen and oxygen atoms in total. The predicted octanol–water partition coefficient (Wildman–Crippen LogP) is 2.63. The van der Waals surface area contributed by atoms with Gasteiger partial charge in [0.05, 0.1) is 0 Å². The number of hydrogen-bond acceptors (Lipinski definition) is 2. The summed E-state index contributed by atoms with van der Waals surface area (Å²) in [5.41, 5.74) is 1.22. The van der Waals surface area contributed by atoms with Crippen LogP contribution in [0.5, 0.6) is 0 Å². The molecule has 0 aliphatic heterocycles. The molecule has 0 bridgehead atoms. The molecule has 0 saturated heterocycles. The lowest BCUT2D eigenvalue weighted by Crippen LogP contribution is -2.28. The normalized spacial score (nSPS) is 12.2. The van der Waals surface area contributed by atoms with Crippen LogP contribution >= 0.6 is 15.9 Å². The molecule has 0 fully saturated rings. The molecule has 0 unspecified atom stereocenters. The monoisotopic (exact) mass is 298 g/mol. The Hall–Kier alpha value is -0.870. The van der Waals surface area contributed by atoms with E-state index in [1.54, 1.807) is 0 Å². The Morgan fingerprint density at radius 3 is 2.88 bits per heavy atom. The molecule has 1 rings (SSSR count). The van der Waals surface area contributed by atoms with Crippen molar-refractivity contribution in [1.82, 2.24) is 10.6 Å². The molecule has 0 aromatic heterocycles. The molecule has 0 heterocycles. The van der Waals surface area contributed by atoms with Gasteiger partial charge in [0.25, 0.3) is 0 Å². The number of amides is 1. The summed E-state index contributed by atoms with van der Waals surface area (Å²) in [5, 5.41) is 6.12. The van der Waals surface area contributed by atoms with Crippen LogP contribution in [0.1, 0.15) is 31.9 Å². The summed E-state index contributed by atoms with van der Waals surface area (Å²) < 4.78 is 1.08. The highest BCUT2D eigenvalue weighted by molar-refractivity contribution is 9.10. The second-order valence-electron chi connectivity index (χ2n) is 3.93. The topological polar surface area (TPSA) is 41.1 Å². The van der Waals surface area contributed by atoms with Crippen LogP contribution in [0.2, 0.25) is 0 Å². The summed E-state index contributed by atoms with van der Waals surface area (Å²) in [5.74, 6) is 0.0986. The molecule has 17 heavy (non-hydrogen) atoms. The van der Waals surface area contributed by atoms with Crippen molar-refractivity contribution in [3.8, 4) is 0 Å². The zero-order valence-electron chi connectivity index (χ0n) is 10.3. The molecule has 0 spiro atoms. The van der Waals surface area contributed by atoms with Gasteiger partial charge < -0.3 is 10.6 Å². The summed E-state index contributed by atoms with van der Waals surface area (Å²) in [6, 6.07) is 8.44. The van der Waals surface area contributed by atoms with Crippen LogP contribution < -0.4 is 10.6 Å². The van der Waals surface area contributed by atoms with Gasteiger partial charge in [0.1, 0.15) is 0 Å². The van der Waals surface area contributed by atoms with Crippen LogP contribution in [0, 0.1) is 0 Å². The SMILES string of the molecule is CCNC(=O)CCN[C@@H](C)c1cccc(Br)c1. The lowest BCUT2D eigenvalue weighted by Gasteiger charge is -2.14. The molecule has 0 aliphatic carbocycles. The second-order valence-corrected chi connectivity index (χ2v) is 4.85. The Bertz CT molecular complexity index is 368. The Kier molecular flexibility index (Phi) is 6.22. The molecule has 94 valence electrons. The smallest absolute Gasteiger partial charge is 0.221 e. The lowest BCUT2D eigenvalue weighted by atomic mass is 10.1. The van der Waals surface area contributed by atoms with Gasteiger partial charge in [-0.3, -0.25) is 4.79 Å². The van der Waals surface area contributed by atoms with Crippen LogP contribution in [0.3, 0.4) is 0 Å². The molecule has 1 amide bonds. The fourth-order valence-electron chi connectivity index (χ4n) is 1.58. The summed E-state index contributed by atoms with van der Waals surface area (Å²) >= 11 is 3.45. The van der Waals surface area contributed by atoms with Crippen molar-refractivity contribution in [2.45, 2.75) is 26.3 Å². The zero-order valence-corrected chi connectivity index (χ0v) is 11.9. The van der Waals surface area contributed by atoms with Gasteiger partial charge in [-0.2, -0.15) is 0 Å². The number of hydrogen-bond donors (Lipinski definition) is 2. The van der Waals surface area contributed by atoms with Gasteiger partial charge in [-0.25, -0.2) is 0 Å². The van der Waals surface area contributed by atoms with Crippen molar-refractivity contribution < 1.29 is 4.79 Å². The van der Waals surface area contributed by atoms with Crippen LogP contribution in [0.15, 0.2) is 28.7 Å². The minimum atomic E-state index is 0.0986. The number of carbonyl (C=O) groups is 1. The molecule has 0 radical (unpaired) electrons. The number of rotatable bonds is 6. The van der Waals surface area contributed by atoms with Gasteiger partial charge in [-0.05, 0) is 31.5 Å². The first-order valence-corrected chi connectivity index (χ1v) is 6.68. The van der Waals surface area contributed by atoms with E-state index < -0.39 is 0 Å². The van der Waals surface area contributed by atoms with Gasteiger partial charge in [-0.1, -0.05) is 28.1 Å². The summed E-state index contributed by atoms with van der Waals surface area (Å²) in [7, 11) is 0. The zero-order chi connectivity index (χ0) is 12.7. The van der Waals surface area contributed by atoms with E-state index in [1.165, 1.54) is 5.56 Å². The van der Waals surface area contributed by atoms with Gasteiger partial charge >= 0.3 is 0 Å². The average molecular weight is 299 g/mol. The third kappa shape index (κ3) is 5.33. The molecule has 4 heteroatoms. The number of halogens is 1. The molecule has 0 aliphatic rings. The number of benzene rings is 1. The van der Waals surface area contributed by atoms with E-state index in [-0.39, 0.29) is 11.9 Å². The quantitative estimate of drug-likeness (QED) is 0.848. The minimum Gasteiger partial charge on any atom is -0.356 e. The average Bonchev–Trinajstić information content (AvgIpc) is 2.29. The molecule has 1 atom stereocenters. The third-order valence-electron chi connectivity index (χ3n) is 2.53. The molecular weight excluding hydrogens is 280 g/mol. The van der Waals surface area contributed by atoms with Crippen molar-refractivity contribution in [1.29, 1.82) is 0 Å². The molecule has 0 saturated carbocycles. The third-order valence-corrected chi connectivity index (χ3v) is 3.02. The van der Waals surface area contributed by atoms with Gasteiger partial charge in [-0.15, -0.1) is 0 Å². The van der Waals surface area contributed by atoms with E-state index in [9.17, 15) is 4.79 Å². The Labute approximate surface area is 111 Å². The highest BCUT2D eigenvalue weighted by atomic mass is 79.9. The fourth-order valence-corrected chi connectivity index (χ4v) is 2.00. The van der Waals surface area contributed by atoms with Crippen molar-refractivity contribution in [2.75, 3.05) is 13.1 Å². The number of nitrogens with one attached hydrogen (secondary N) is 2. The maximum Gasteiger partial charge on any atom is 0.221 e. The molecule has 2 N–H and O–H groups in total. The maximum atomic E-state index is 11.3. The molecular formula is C13H19BrN2O. The largest absolute Gasteiger partial charge is 0.356 e. The van der Waals surface area contributed by atoms with Crippen molar-refractivity contribution in [3.05, 3.63) is 34.3 Å². The van der Waals surface area contributed by atoms with Gasteiger partial charge in [0, 0.05) is 30.0 Å². The summed E-state index contributed by atoms with van der Waals surface area (Å²) in [4.78, 5) is 11.3. The fraction of sp³-hybridized carbons (Fsp3) is 0.462. The molecule has 1 aromatic carbocycles. The van der Waals surface area contributed by atoms with Crippen molar-refractivity contribution in [2.24, 2.45) is 0 Å². The highest BCUT2D eigenvalue weighted by Gasteiger charge is 2.06. The lowest BCUT2D eigenvalue weighted by molar-refractivity contribution is -0.120. The standard InChI is InChI=1S/C13H19BrN2O/c1-3-15-13(17)7-8-16-10(2)11-5-4-6-12(14)9-11/h4-6,9-10,16H,3,7-8H2,1-2H3,(H,15,17)/t10-/m0/s1. The summed E-state index contributed by atoms with van der Waals surface area (Å²) in [6.07, 6.45) is 0.520. The Morgan fingerprint density at radius 1 is 1.47 bits per heavy atom. The highest BCUT2D eigenvalue weighted by Crippen LogP contribution is 2.17. The van der Waals surface area contributed by atoms with E-state index in [0.29, 0.717) is 19.5 Å². The van der Waals surface area contributed by atoms with E-state index in [4.69, 9.17) is 0 Å². The van der Waals surface area contributed by atoms with Crippen LogP contribution in [0.25, 0.3) is 0 Å². The maximum absolute atomic E-state index is 11.3. The predicted molar refractivity (Wildman–Crippen MR) is 73.9 cm³/mol. The minimum absolute atomic E-state index is 0.0986. The van der Waals surface area contributed by atoms with Crippen LogP contribution in [-0.2, 0) is 4.79 Å². The first-order valence-electron chi connectivity index (χ1n) is 5.89. The Balaban J connectivity index is 2.35. The van der Waals surface area contributed by atoms with Crippen molar-refractivity contribution in [3.63, 3.8) is 0 Å². The van der Waals surface area contributed by atoms with E-state index in [0.717, 1.165) is 4.47 Å². The first-order chi connectivity index (χ1) is 8.13. The van der Waals surface area contributed by atoms with E-state index >= 15 is 0 Å². The number of carbonyl (C=O) groups excluding carboxylic acids is 1. The van der Waals surface area contributed by atoms with Crippen molar-refractivity contribution >= 4 is 21.8 Å².